The van der Waals surface area contributed by atoms with Crippen LogP contribution in [0.4, 0.5) is 0 Å². The number of carboxylic acid groups (broad SMARTS) is 1. The fourth-order valence-corrected chi connectivity index (χ4v) is 0.602. The minimum Gasteiger partial charge on any atom is -0.480 e. The summed E-state index contributed by atoms with van der Waals surface area (Å²) < 4.78 is 0. The van der Waals surface area contributed by atoms with E-state index in [1.165, 1.54) is 4.90 Å². The molecule has 0 radical (unpaired) electrons. The highest BCUT2D eigenvalue weighted by atomic mass is 16.4. The van der Waals surface area contributed by atoms with Crippen molar-refractivity contribution in [3.63, 3.8) is 0 Å². The minimum absolute atomic E-state index is 0.0603. The molecule has 0 aromatic heterocycles. The van der Waals surface area contributed by atoms with Gasteiger partial charge in [-0.2, -0.15) is 0 Å². The second kappa shape index (κ2) is 29.2. The van der Waals surface area contributed by atoms with Crippen LogP contribution >= 0.6 is 0 Å². The first-order valence-corrected chi connectivity index (χ1v) is 5.53. The zero-order chi connectivity index (χ0) is 14.0. The summed E-state index contributed by atoms with van der Waals surface area (Å²) in [5.74, 6) is -0.899. The summed E-state index contributed by atoms with van der Waals surface area (Å²) in [6.45, 7) is 10.5. The number of likely N-dealkylation sites (N-methyl/N-ethyl adjacent to an activating group) is 1. The van der Waals surface area contributed by atoms with Crippen molar-refractivity contribution >= 4 is 12.3 Å². The molecule has 2 N–H and O–H groups in total. The van der Waals surface area contributed by atoms with E-state index >= 15 is 0 Å². The van der Waals surface area contributed by atoms with E-state index in [2.05, 4.69) is 0 Å². The third kappa shape index (κ3) is 29.2. The zero-order valence-corrected chi connectivity index (χ0v) is 11.4. The van der Waals surface area contributed by atoms with Crippen LogP contribution in [-0.4, -0.2) is 54.1 Å². The summed E-state index contributed by atoms with van der Waals surface area (Å²) in [7, 11) is 1.00. The highest BCUT2D eigenvalue weighted by molar-refractivity contribution is 5.69. The molecular formula is C11H27NO4. The second-order valence-electron chi connectivity index (χ2n) is 1.89. The summed E-state index contributed by atoms with van der Waals surface area (Å²) in [6.07, 6.45) is 0.701. The number of aliphatic carboxylic acids is 1. The van der Waals surface area contributed by atoms with Gasteiger partial charge in [-0.05, 0) is 6.54 Å². The van der Waals surface area contributed by atoms with Gasteiger partial charge >= 0.3 is 5.97 Å². The van der Waals surface area contributed by atoms with Gasteiger partial charge in [-0.25, -0.2) is 0 Å². The highest BCUT2D eigenvalue weighted by Crippen LogP contribution is 1.83. The van der Waals surface area contributed by atoms with Gasteiger partial charge in [0.25, 0.3) is 0 Å². The lowest BCUT2D eigenvalue weighted by Gasteiger charge is -2.12. The van der Waals surface area contributed by atoms with Crippen LogP contribution in [0.15, 0.2) is 0 Å². The topological polar surface area (TPSA) is 77.8 Å². The predicted octanol–water partition coefficient (Wildman–Crippen LogP) is 1.25. The summed E-state index contributed by atoms with van der Waals surface area (Å²) in [4.78, 5) is 21.5. The molecule has 0 aliphatic rings. The van der Waals surface area contributed by atoms with Gasteiger partial charge in [-0.15, -0.1) is 0 Å². The molecule has 0 rings (SSSR count). The molecule has 100 valence electrons. The first-order valence-electron chi connectivity index (χ1n) is 5.53. The van der Waals surface area contributed by atoms with Crippen molar-refractivity contribution in [1.82, 2.24) is 4.90 Å². The molecule has 0 aliphatic heterocycles. The molecule has 0 bridgehead atoms. The molecule has 16 heavy (non-hydrogen) atoms. The molecule has 0 saturated heterocycles. The van der Waals surface area contributed by atoms with E-state index in [0.717, 1.165) is 7.11 Å². The number of hydrogen-bond acceptors (Lipinski definition) is 4. The predicted molar refractivity (Wildman–Crippen MR) is 66.7 cm³/mol. The Labute approximate surface area is 99.1 Å². The van der Waals surface area contributed by atoms with Crippen LogP contribution < -0.4 is 0 Å². The van der Waals surface area contributed by atoms with Crippen LogP contribution in [0.5, 0.6) is 0 Å². The molecule has 0 fully saturated rings. The summed E-state index contributed by atoms with van der Waals surface area (Å²) in [5, 5.41) is 15.3. The van der Waals surface area contributed by atoms with E-state index in [1.807, 2.05) is 34.6 Å². The van der Waals surface area contributed by atoms with Crippen LogP contribution in [0, 0.1) is 0 Å². The van der Waals surface area contributed by atoms with E-state index in [1.54, 1.807) is 0 Å². The van der Waals surface area contributed by atoms with Crippen molar-refractivity contribution in [2.75, 3.05) is 26.7 Å². The number of nitrogens with zero attached hydrogens (tertiary/aromatic N) is 1. The fourth-order valence-electron chi connectivity index (χ4n) is 0.602. The number of hydrogen-bond donors (Lipinski definition) is 2. The lowest BCUT2D eigenvalue weighted by molar-refractivity contribution is -0.138. The molecule has 0 aliphatic carbocycles. The summed E-state index contributed by atoms with van der Waals surface area (Å²) in [6, 6.07) is 0. The molecule has 5 nitrogen and oxygen atoms in total. The van der Waals surface area contributed by atoms with Gasteiger partial charge in [0.15, 0.2) is 0 Å². The highest BCUT2D eigenvalue weighted by Gasteiger charge is 2.04. The number of aldehydes is 1. The summed E-state index contributed by atoms with van der Waals surface area (Å²) >= 11 is 0. The number of carboxylic acids is 1. The fraction of sp³-hybridized carbons (Fsp3) is 0.818. The molecule has 5 heteroatoms. The van der Waals surface area contributed by atoms with Crippen LogP contribution in [-0.2, 0) is 9.59 Å². The van der Waals surface area contributed by atoms with Gasteiger partial charge in [-0.3, -0.25) is 9.69 Å². The standard InChI is InChI=1S/C6H11NO3.2C2H6.CH4O/c1-2-7(3-4-8)5-6(9)10;3*1-2/h4H,2-3,5H2,1H3,(H,9,10);2*1-2H3;2H,1H3. The van der Waals surface area contributed by atoms with Gasteiger partial charge in [-0.1, -0.05) is 34.6 Å². The number of aliphatic hydroxyl groups is 1. The molecule has 0 spiro atoms. The Morgan fingerprint density at radius 1 is 1.19 bits per heavy atom. The van der Waals surface area contributed by atoms with Crippen LogP contribution in [0.1, 0.15) is 34.6 Å². The number of carbonyl (C=O) groups excluding carboxylic acids is 1. The molecule has 0 unspecified atom stereocenters. The molecular weight excluding hydrogens is 210 g/mol. The average Bonchev–Trinajstić information content (AvgIpc) is 2.35. The Morgan fingerprint density at radius 2 is 1.56 bits per heavy atom. The number of rotatable bonds is 5. The van der Waals surface area contributed by atoms with Crippen LogP contribution in [0.3, 0.4) is 0 Å². The first-order chi connectivity index (χ1) is 7.70. The molecule has 0 heterocycles. The van der Waals surface area contributed by atoms with E-state index in [-0.39, 0.29) is 13.1 Å². The molecule has 0 saturated carbocycles. The normalized spacial score (nSPS) is 7.25. The largest absolute Gasteiger partial charge is 0.480 e. The minimum atomic E-state index is -0.899. The lowest BCUT2D eigenvalue weighted by Crippen LogP contribution is -2.30. The van der Waals surface area contributed by atoms with Gasteiger partial charge in [0.2, 0.25) is 0 Å². The monoisotopic (exact) mass is 237 g/mol. The zero-order valence-electron chi connectivity index (χ0n) is 11.4. The van der Waals surface area contributed by atoms with Crippen LogP contribution in [0.25, 0.3) is 0 Å². The molecule has 0 aromatic rings. The molecule has 0 atom stereocenters. The van der Waals surface area contributed by atoms with Gasteiger partial charge in [0.05, 0.1) is 13.1 Å². The Balaban J connectivity index is -0.000000103. The smallest absolute Gasteiger partial charge is 0.317 e. The van der Waals surface area contributed by atoms with Gasteiger partial charge < -0.3 is 15.0 Å². The van der Waals surface area contributed by atoms with Gasteiger partial charge in [0.1, 0.15) is 6.29 Å². The third-order valence-corrected chi connectivity index (χ3v) is 1.14. The quantitative estimate of drug-likeness (QED) is 0.704. The average molecular weight is 237 g/mol. The third-order valence-electron chi connectivity index (χ3n) is 1.14. The summed E-state index contributed by atoms with van der Waals surface area (Å²) in [5.41, 5.74) is 0. The maximum Gasteiger partial charge on any atom is 0.317 e. The van der Waals surface area contributed by atoms with E-state index in [9.17, 15) is 9.59 Å². The van der Waals surface area contributed by atoms with E-state index in [0.29, 0.717) is 12.8 Å². The SMILES string of the molecule is CC.CC.CCN(CC=O)CC(=O)O.CO. The van der Waals surface area contributed by atoms with Crippen molar-refractivity contribution in [2.45, 2.75) is 34.6 Å². The Kier molecular flexibility index (Phi) is 44.4. The second-order valence-corrected chi connectivity index (χ2v) is 1.89. The number of aliphatic hydroxyl groups excluding tert-OH is 1. The maximum absolute atomic E-state index is 10.1. The maximum atomic E-state index is 10.1. The van der Waals surface area contributed by atoms with Crippen molar-refractivity contribution in [3.05, 3.63) is 0 Å². The lowest BCUT2D eigenvalue weighted by atomic mass is 10.5. The van der Waals surface area contributed by atoms with Crippen molar-refractivity contribution in [1.29, 1.82) is 0 Å². The Bertz CT molecular complexity index is 129. The molecule has 0 amide bonds. The van der Waals surface area contributed by atoms with Crippen LogP contribution in [0.2, 0.25) is 0 Å². The van der Waals surface area contributed by atoms with Crippen molar-refractivity contribution in [2.24, 2.45) is 0 Å². The Hall–Kier alpha value is -0.940. The number of carbonyl (C=O) groups is 2. The first kappa shape index (κ1) is 24.3. The van der Waals surface area contributed by atoms with Gasteiger partial charge in [0, 0.05) is 7.11 Å². The molecule has 0 aromatic carbocycles. The van der Waals surface area contributed by atoms with Crippen molar-refractivity contribution in [3.8, 4) is 0 Å². The Morgan fingerprint density at radius 3 is 1.75 bits per heavy atom. The van der Waals surface area contributed by atoms with E-state index in [4.69, 9.17) is 10.2 Å². The van der Waals surface area contributed by atoms with Crippen molar-refractivity contribution < 1.29 is 19.8 Å². The van der Waals surface area contributed by atoms with E-state index < -0.39 is 5.97 Å².